The quantitative estimate of drug-likeness (QED) is 0.117. The molecule has 0 bridgehead atoms. The molecule has 0 aliphatic heterocycles. The maximum Gasteiger partial charge on any atom is 0.224 e. The van der Waals surface area contributed by atoms with Crippen LogP contribution < -0.4 is 21.0 Å². The smallest absolute Gasteiger partial charge is 0.224 e. The van der Waals surface area contributed by atoms with Crippen molar-refractivity contribution in [3.8, 4) is 17.1 Å². The molecule has 12 aromatic rings. The van der Waals surface area contributed by atoms with E-state index in [0.717, 1.165) is 44.6 Å². The van der Waals surface area contributed by atoms with Crippen LogP contribution in [0.3, 0.4) is 0 Å². The number of hydrogen-bond acceptors (Lipinski definition) is 1. The van der Waals surface area contributed by atoms with Crippen LogP contribution >= 0.6 is 0 Å². The van der Waals surface area contributed by atoms with E-state index in [1.54, 1.807) is 0 Å². The molecule has 3 aromatic heterocycles. The number of rotatable bonds is 7. The van der Waals surface area contributed by atoms with Gasteiger partial charge in [-0.15, -0.1) is 0 Å². The van der Waals surface area contributed by atoms with Crippen LogP contribution in [0.25, 0.3) is 71.7 Å². The highest BCUT2D eigenvalue weighted by atomic mass is 28.3. The van der Waals surface area contributed by atoms with Crippen LogP contribution in [0.2, 0.25) is 0 Å². The second-order valence-corrected chi connectivity index (χ2v) is 19.2. The number of para-hydroxylation sites is 5. The van der Waals surface area contributed by atoms with Crippen LogP contribution in [0, 0.1) is 0 Å². The van der Waals surface area contributed by atoms with Gasteiger partial charge in [0.15, 0.2) is 0 Å². The fourth-order valence-electron chi connectivity index (χ4n) is 9.87. The lowest BCUT2D eigenvalue weighted by atomic mass is 10.1. The highest BCUT2D eigenvalue weighted by molar-refractivity contribution is 7.19. The van der Waals surface area contributed by atoms with Crippen LogP contribution in [0.1, 0.15) is 0 Å². The third-order valence-corrected chi connectivity index (χ3v) is 17.0. The standard InChI is InChI=1S/C55H38N4Si/c1-5-20-39(21-6-1)58-52-34-19-35-53(54(52)56-55(58)60(41-22-7-2-8-23-41,42-24-9-3-10-25-42)43-26-11-4-12-27-43)59-50-33-18-15-30-46(50)47-38-40(36-37-51(47)59)57-48-31-16-13-28-44(48)45-29-14-17-32-49(45)57/h1-38H. The summed E-state index contributed by atoms with van der Waals surface area (Å²) in [6.07, 6.45) is 0. The van der Waals surface area contributed by atoms with E-state index in [9.17, 15) is 0 Å². The number of benzene rings is 9. The molecule has 5 heteroatoms. The summed E-state index contributed by atoms with van der Waals surface area (Å²) in [6, 6.07) is 84.0. The van der Waals surface area contributed by atoms with Gasteiger partial charge in [0.1, 0.15) is 11.0 Å². The van der Waals surface area contributed by atoms with Gasteiger partial charge >= 0.3 is 0 Å². The second kappa shape index (κ2) is 13.7. The minimum atomic E-state index is -3.07. The summed E-state index contributed by atoms with van der Waals surface area (Å²) in [4.78, 5) is 5.99. The third-order valence-electron chi connectivity index (χ3n) is 12.4. The Morgan fingerprint density at radius 3 is 1.28 bits per heavy atom. The van der Waals surface area contributed by atoms with E-state index < -0.39 is 8.07 Å². The Morgan fingerprint density at radius 2 is 0.733 bits per heavy atom. The topological polar surface area (TPSA) is 27.7 Å². The Labute approximate surface area is 348 Å². The molecule has 3 heterocycles. The van der Waals surface area contributed by atoms with Crippen molar-refractivity contribution in [1.82, 2.24) is 18.7 Å². The van der Waals surface area contributed by atoms with Gasteiger partial charge in [0.2, 0.25) is 8.07 Å². The van der Waals surface area contributed by atoms with Gasteiger partial charge in [-0.1, -0.05) is 170 Å². The molecule has 0 saturated heterocycles. The Kier molecular flexibility index (Phi) is 7.83. The maximum atomic E-state index is 5.99. The Hall–Kier alpha value is -7.73. The molecular weight excluding hydrogens is 745 g/mol. The summed E-state index contributed by atoms with van der Waals surface area (Å²) in [7, 11) is -3.07. The number of aromatic nitrogens is 4. The van der Waals surface area contributed by atoms with E-state index >= 15 is 0 Å². The van der Waals surface area contributed by atoms with E-state index in [1.165, 1.54) is 48.1 Å². The molecule has 60 heavy (non-hydrogen) atoms. The summed E-state index contributed by atoms with van der Waals surface area (Å²) < 4.78 is 7.30. The first-order valence-electron chi connectivity index (χ1n) is 20.6. The maximum absolute atomic E-state index is 5.99. The molecule has 4 nitrogen and oxygen atoms in total. The molecule has 0 N–H and O–H groups in total. The van der Waals surface area contributed by atoms with Crippen molar-refractivity contribution < 1.29 is 0 Å². The largest absolute Gasteiger partial charge is 0.309 e. The molecule has 9 aromatic carbocycles. The highest BCUT2D eigenvalue weighted by Gasteiger charge is 2.46. The van der Waals surface area contributed by atoms with E-state index in [2.05, 4.69) is 244 Å². The van der Waals surface area contributed by atoms with Crippen LogP contribution in [0.15, 0.2) is 231 Å². The molecular formula is C55H38N4Si. The zero-order valence-corrected chi connectivity index (χ0v) is 33.7. The molecule has 0 radical (unpaired) electrons. The molecule has 0 amide bonds. The first-order chi connectivity index (χ1) is 29.8. The first-order valence-corrected chi connectivity index (χ1v) is 22.6. The first kappa shape index (κ1) is 34.3. The molecule has 0 saturated carbocycles. The number of nitrogens with zero attached hydrogens (tertiary/aromatic N) is 4. The molecule has 282 valence electrons. The van der Waals surface area contributed by atoms with Gasteiger partial charge in [-0.25, -0.2) is 4.98 Å². The summed E-state index contributed by atoms with van der Waals surface area (Å²) in [5, 5.41) is 8.77. The summed E-state index contributed by atoms with van der Waals surface area (Å²) in [6.45, 7) is 0. The lowest BCUT2D eigenvalue weighted by Crippen LogP contribution is -2.76. The van der Waals surface area contributed by atoms with Crippen molar-refractivity contribution in [2.24, 2.45) is 0 Å². The molecule has 0 unspecified atom stereocenters. The molecule has 12 rings (SSSR count). The normalized spacial score (nSPS) is 12.0. The fraction of sp³-hybridized carbons (Fsp3) is 0. The Balaban J connectivity index is 1.18. The number of fused-ring (bicyclic) bond motifs is 7. The van der Waals surface area contributed by atoms with E-state index in [0.29, 0.717) is 0 Å². The molecule has 0 aliphatic carbocycles. The van der Waals surface area contributed by atoms with E-state index in [4.69, 9.17) is 4.98 Å². The van der Waals surface area contributed by atoms with Gasteiger partial charge in [0.25, 0.3) is 0 Å². The molecule has 0 spiro atoms. The number of hydrogen-bond donors (Lipinski definition) is 0. The number of imidazole rings is 1. The van der Waals surface area contributed by atoms with Crippen molar-refractivity contribution in [2.45, 2.75) is 0 Å². The van der Waals surface area contributed by atoms with Gasteiger partial charge in [-0.2, -0.15) is 0 Å². The average Bonchev–Trinajstić information content (AvgIpc) is 3.99. The van der Waals surface area contributed by atoms with Crippen LogP contribution in [-0.2, 0) is 0 Å². The minimum Gasteiger partial charge on any atom is -0.309 e. The van der Waals surface area contributed by atoms with Crippen molar-refractivity contribution in [3.63, 3.8) is 0 Å². The van der Waals surface area contributed by atoms with Crippen molar-refractivity contribution in [3.05, 3.63) is 231 Å². The van der Waals surface area contributed by atoms with Crippen LogP contribution in [0.4, 0.5) is 0 Å². The summed E-state index contributed by atoms with van der Waals surface area (Å²) >= 11 is 0. The van der Waals surface area contributed by atoms with E-state index in [1.807, 2.05) is 0 Å². The highest BCUT2D eigenvalue weighted by Crippen LogP contribution is 2.38. The van der Waals surface area contributed by atoms with Gasteiger partial charge in [-0.3, -0.25) is 4.57 Å². The van der Waals surface area contributed by atoms with E-state index in [-0.39, 0.29) is 0 Å². The monoisotopic (exact) mass is 782 g/mol. The van der Waals surface area contributed by atoms with Gasteiger partial charge in [0, 0.05) is 32.9 Å². The lowest BCUT2D eigenvalue weighted by Gasteiger charge is -2.33. The molecule has 0 aliphatic rings. The van der Waals surface area contributed by atoms with Gasteiger partial charge < -0.3 is 9.13 Å². The second-order valence-electron chi connectivity index (χ2n) is 15.5. The zero-order valence-electron chi connectivity index (χ0n) is 32.7. The Morgan fingerprint density at radius 1 is 0.300 bits per heavy atom. The summed E-state index contributed by atoms with van der Waals surface area (Å²) in [5.74, 6) is 0. The van der Waals surface area contributed by atoms with Crippen LogP contribution in [0.5, 0.6) is 0 Å². The zero-order chi connectivity index (χ0) is 39.6. The Bertz CT molecular complexity index is 3380. The third kappa shape index (κ3) is 5.00. The van der Waals surface area contributed by atoms with Crippen molar-refractivity contribution in [1.29, 1.82) is 0 Å². The predicted molar refractivity (Wildman–Crippen MR) is 253 cm³/mol. The SMILES string of the molecule is c1ccc(-n2c([Si](c3ccccc3)(c3ccccc3)c3ccccc3)nc3c(-n4c5ccccc5c5cc(-n6c7ccccc7c7ccccc76)ccc54)cccc32)cc1. The van der Waals surface area contributed by atoms with Crippen LogP contribution in [-0.4, -0.2) is 26.8 Å². The van der Waals surface area contributed by atoms with Gasteiger partial charge in [0.05, 0.1) is 33.3 Å². The molecule has 0 fully saturated rings. The predicted octanol–water partition coefficient (Wildman–Crippen LogP) is 10.6. The minimum absolute atomic E-state index is 0.963. The van der Waals surface area contributed by atoms with Crippen molar-refractivity contribution >= 4 is 83.7 Å². The lowest BCUT2D eigenvalue weighted by molar-refractivity contribution is 1.14. The average molecular weight is 783 g/mol. The fourth-order valence-corrected chi connectivity index (χ4v) is 14.6. The molecule has 0 atom stereocenters. The summed E-state index contributed by atoms with van der Waals surface area (Å²) in [5.41, 5.74) is 11.1. The van der Waals surface area contributed by atoms with Gasteiger partial charge in [-0.05, 0) is 76.2 Å². The van der Waals surface area contributed by atoms with Crippen molar-refractivity contribution in [2.75, 3.05) is 0 Å².